The molecule has 0 radical (unpaired) electrons. The Morgan fingerprint density at radius 2 is 2.06 bits per heavy atom. The van der Waals surface area contributed by atoms with Gasteiger partial charge in [-0.3, -0.25) is 14.2 Å². The van der Waals surface area contributed by atoms with E-state index in [1.807, 2.05) is 43.5 Å². The highest BCUT2D eigenvalue weighted by molar-refractivity contribution is 7.99. The lowest BCUT2D eigenvalue weighted by Gasteiger charge is -2.14. The van der Waals surface area contributed by atoms with Gasteiger partial charge >= 0.3 is 0 Å². The van der Waals surface area contributed by atoms with Gasteiger partial charge in [0.05, 0.1) is 28.6 Å². The number of nitrogens with one attached hydrogen (secondary N) is 1. The molecule has 0 fully saturated rings. The Labute approximate surface area is 187 Å². The summed E-state index contributed by atoms with van der Waals surface area (Å²) in [6, 6.07) is 16.5. The number of carbonyl (C=O) groups excluding carboxylic acids is 1. The molecule has 0 bridgehead atoms. The van der Waals surface area contributed by atoms with Crippen molar-refractivity contribution in [3.05, 3.63) is 81.0 Å². The number of aryl methyl sites for hydroxylation is 2. The second-order valence-corrected chi connectivity index (χ2v) is 8.85. The molecule has 1 amide bonds. The van der Waals surface area contributed by atoms with E-state index in [4.69, 9.17) is 5.26 Å². The smallest absolute Gasteiger partial charge is 0.276 e. The van der Waals surface area contributed by atoms with Gasteiger partial charge in [-0.2, -0.15) is 5.26 Å². The van der Waals surface area contributed by atoms with Gasteiger partial charge < -0.3 is 5.32 Å². The zero-order valence-electron chi connectivity index (χ0n) is 16.9. The van der Waals surface area contributed by atoms with Crippen molar-refractivity contribution in [1.29, 1.82) is 5.26 Å². The van der Waals surface area contributed by atoms with Crippen molar-refractivity contribution >= 4 is 44.9 Å². The highest BCUT2D eigenvalue weighted by Crippen LogP contribution is 2.25. The molecule has 0 atom stereocenters. The van der Waals surface area contributed by atoms with E-state index in [0.29, 0.717) is 26.6 Å². The molecule has 6 nitrogen and oxygen atoms in total. The lowest BCUT2D eigenvalue weighted by atomic mass is 10.1. The molecule has 2 aromatic heterocycles. The summed E-state index contributed by atoms with van der Waals surface area (Å²) in [6.45, 7) is 3.96. The van der Waals surface area contributed by atoms with Gasteiger partial charge in [0.25, 0.3) is 5.56 Å². The van der Waals surface area contributed by atoms with Gasteiger partial charge in [0, 0.05) is 5.69 Å². The van der Waals surface area contributed by atoms with Crippen molar-refractivity contribution < 1.29 is 4.79 Å². The van der Waals surface area contributed by atoms with E-state index >= 15 is 0 Å². The Balaban J connectivity index is 1.66. The summed E-state index contributed by atoms with van der Waals surface area (Å²) in [5, 5.41) is 14.1. The second-order valence-electron chi connectivity index (χ2n) is 6.99. The molecule has 1 N–H and O–H groups in total. The maximum Gasteiger partial charge on any atom is 0.276 e. The van der Waals surface area contributed by atoms with Crippen LogP contribution in [-0.4, -0.2) is 21.2 Å². The van der Waals surface area contributed by atoms with E-state index in [2.05, 4.69) is 16.4 Å². The molecule has 4 aromatic rings. The maximum absolute atomic E-state index is 13.2. The molecule has 0 aliphatic carbocycles. The van der Waals surface area contributed by atoms with Crippen molar-refractivity contribution in [2.45, 2.75) is 19.0 Å². The number of carbonyl (C=O) groups is 1. The Morgan fingerprint density at radius 3 is 2.84 bits per heavy atom. The van der Waals surface area contributed by atoms with E-state index in [0.717, 1.165) is 16.8 Å². The third-order valence-corrected chi connectivity index (χ3v) is 6.48. The monoisotopic (exact) mass is 446 g/mol. The van der Waals surface area contributed by atoms with Crippen LogP contribution in [0.2, 0.25) is 0 Å². The largest absolute Gasteiger partial charge is 0.325 e. The van der Waals surface area contributed by atoms with E-state index in [-0.39, 0.29) is 17.2 Å². The maximum atomic E-state index is 13.2. The number of hydrogen-bond donors (Lipinski definition) is 1. The minimum atomic E-state index is -0.244. The van der Waals surface area contributed by atoms with Crippen LogP contribution in [0.4, 0.5) is 5.69 Å². The van der Waals surface area contributed by atoms with Gasteiger partial charge in [0.15, 0.2) is 5.16 Å². The lowest BCUT2D eigenvalue weighted by molar-refractivity contribution is -0.113. The number of rotatable bonds is 5. The molecule has 0 aliphatic heterocycles. The quantitative estimate of drug-likeness (QED) is 0.356. The fourth-order valence-electron chi connectivity index (χ4n) is 3.25. The van der Waals surface area contributed by atoms with Gasteiger partial charge in [-0.1, -0.05) is 35.5 Å². The second kappa shape index (κ2) is 8.76. The Hall–Kier alpha value is -3.41. The fraction of sp³-hybridized carbons (Fsp3) is 0.130. The van der Waals surface area contributed by atoms with Gasteiger partial charge in [0.1, 0.15) is 4.70 Å². The van der Waals surface area contributed by atoms with Crippen LogP contribution in [0.3, 0.4) is 0 Å². The number of nitriles is 1. The number of thioether (sulfide) groups is 1. The Bertz CT molecular complexity index is 1400. The first kappa shape index (κ1) is 20.8. The van der Waals surface area contributed by atoms with Crippen LogP contribution in [0.25, 0.3) is 15.9 Å². The van der Waals surface area contributed by atoms with Crippen molar-refractivity contribution in [2.24, 2.45) is 0 Å². The predicted molar refractivity (Wildman–Crippen MR) is 125 cm³/mol. The van der Waals surface area contributed by atoms with Gasteiger partial charge in [-0.15, -0.1) is 11.3 Å². The molecule has 2 aromatic carbocycles. The van der Waals surface area contributed by atoms with Gasteiger partial charge in [0.2, 0.25) is 5.91 Å². The van der Waals surface area contributed by atoms with E-state index in [1.165, 1.54) is 23.1 Å². The summed E-state index contributed by atoms with van der Waals surface area (Å²) in [7, 11) is 0. The summed E-state index contributed by atoms with van der Waals surface area (Å²) in [6.07, 6.45) is 0. The van der Waals surface area contributed by atoms with Crippen molar-refractivity contribution in [1.82, 2.24) is 9.55 Å². The number of thiophene rings is 1. The number of amides is 1. The zero-order chi connectivity index (χ0) is 22.0. The van der Waals surface area contributed by atoms with Crippen LogP contribution >= 0.6 is 23.1 Å². The summed E-state index contributed by atoms with van der Waals surface area (Å²) in [4.78, 5) is 30.4. The van der Waals surface area contributed by atoms with Crippen LogP contribution in [-0.2, 0) is 4.79 Å². The van der Waals surface area contributed by atoms with Gasteiger partial charge in [-0.25, -0.2) is 4.98 Å². The average molecular weight is 447 g/mol. The zero-order valence-corrected chi connectivity index (χ0v) is 18.5. The van der Waals surface area contributed by atoms with Crippen LogP contribution in [0, 0.1) is 25.2 Å². The first-order chi connectivity index (χ1) is 15.0. The number of nitrogens with zero attached hydrogens (tertiary/aromatic N) is 3. The molecular formula is C23H18N4O2S2. The molecule has 8 heteroatoms. The summed E-state index contributed by atoms with van der Waals surface area (Å²) in [5.74, 6) is -0.170. The molecule has 0 saturated carbocycles. The van der Waals surface area contributed by atoms with Crippen LogP contribution in [0.5, 0.6) is 0 Å². The Kier molecular flexibility index (Phi) is 5.89. The lowest BCUT2D eigenvalue weighted by Crippen LogP contribution is -2.23. The molecule has 154 valence electrons. The van der Waals surface area contributed by atoms with Crippen molar-refractivity contribution in [3.63, 3.8) is 0 Å². The number of hydrogen-bond acceptors (Lipinski definition) is 6. The van der Waals surface area contributed by atoms with E-state index in [1.54, 1.807) is 28.8 Å². The van der Waals surface area contributed by atoms with E-state index in [9.17, 15) is 9.59 Å². The highest BCUT2D eigenvalue weighted by atomic mass is 32.2. The molecule has 4 rings (SSSR count). The normalized spacial score (nSPS) is 10.7. The molecule has 0 saturated heterocycles. The Morgan fingerprint density at radius 1 is 1.23 bits per heavy atom. The summed E-state index contributed by atoms with van der Waals surface area (Å²) >= 11 is 2.56. The summed E-state index contributed by atoms with van der Waals surface area (Å²) in [5.41, 5.74) is 4.32. The van der Waals surface area contributed by atoms with Crippen LogP contribution in [0.15, 0.2) is 63.9 Å². The van der Waals surface area contributed by atoms with Crippen LogP contribution < -0.4 is 10.9 Å². The molecule has 31 heavy (non-hydrogen) atoms. The number of anilines is 1. The van der Waals surface area contributed by atoms with Crippen molar-refractivity contribution in [2.75, 3.05) is 11.1 Å². The van der Waals surface area contributed by atoms with E-state index < -0.39 is 0 Å². The van der Waals surface area contributed by atoms with Crippen molar-refractivity contribution in [3.8, 4) is 11.8 Å². The molecule has 0 aliphatic rings. The first-order valence-electron chi connectivity index (χ1n) is 9.47. The number of aromatic nitrogens is 2. The average Bonchev–Trinajstić information content (AvgIpc) is 3.22. The molecular weight excluding hydrogens is 428 g/mol. The molecule has 0 unspecified atom stereocenters. The number of benzene rings is 2. The highest BCUT2D eigenvalue weighted by Gasteiger charge is 2.17. The minimum Gasteiger partial charge on any atom is -0.325 e. The standard InChI is InChI=1S/C23H18N4O2S2/c1-14-6-7-19(15(2)10-14)27-22(29)21-18(8-9-30-21)26-23(27)31-13-20(28)25-17-5-3-4-16(11-17)12-24/h3-11H,13H2,1-2H3,(H,25,28). The van der Waals surface area contributed by atoms with Gasteiger partial charge in [-0.05, 0) is 55.1 Å². The third kappa shape index (κ3) is 4.38. The SMILES string of the molecule is Cc1ccc(-n2c(SCC(=O)Nc3cccc(C#N)c3)nc3ccsc3c2=O)c(C)c1. The fourth-order valence-corrected chi connectivity index (χ4v) is 4.82. The third-order valence-electron chi connectivity index (χ3n) is 4.65. The first-order valence-corrected chi connectivity index (χ1v) is 11.3. The summed E-state index contributed by atoms with van der Waals surface area (Å²) < 4.78 is 2.17. The minimum absolute atomic E-state index is 0.0732. The van der Waals surface area contributed by atoms with Crippen LogP contribution in [0.1, 0.15) is 16.7 Å². The topological polar surface area (TPSA) is 87.8 Å². The molecule has 2 heterocycles. The number of fused-ring (bicyclic) bond motifs is 1. The molecule has 0 spiro atoms. The predicted octanol–water partition coefficient (Wildman–Crippen LogP) is 4.67.